The molecule has 1 saturated heterocycles. The Kier molecular flexibility index (Phi) is 4.81. The number of aryl methyl sites for hydroxylation is 1. The molecule has 25 heavy (non-hydrogen) atoms. The van der Waals surface area contributed by atoms with Crippen molar-refractivity contribution in [1.82, 2.24) is 29.5 Å². The number of unbranched alkanes of at least 4 members (excludes halogenated alkanes) is 1. The molecule has 3 heterocycles. The van der Waals surface area contributed by atoms with E-state index in [0.717, 1.165) is 12.1 Å². The van der Waals surface area contributed by atoms with E-state index in [9.17, 15) is 0 Å². The lowest BCUT2D eigenvalue weighted by molar-refractivity contribution is 0.152. The van der Waals surface area contributed by atoms with Crippen molar-refractivity contribution in [2.24, 2.45) is 0 Å². The van der Waals surface area contributed by atoms with Crippen LogP contribution in [0, 0.1) is 0 Å². The van der Waals surface area contributed by atoms with Crippen LogP contribution in [0.25, 0.3) is 16.6 Å². The maximum Gasteiger partial charge on any atom is 0.123 e. The molecule has 1 fully saturated rings. The quantitative estimate of drug-likeness (QED) is 0.701. The second kappa shape index (κ2) is 7.37. The highest BCUT2D eigenvalue weighted by Crippen LogP contribution is 2.23. The highest BCUT2D eigenvalue weighted by molar-refractivity contribution is 5.85. The highest BCUT2D eigenvalue weighted by Gasteiger charge is 2.13. The lowest BCUT2D eigenvalue weighted by atomic mass is 10.1. The summed E-state index contributed by atoms with van der Waals surface area (Å²) < 4.78 is 1.95. The van der Waals surface area contributed by atoms with Crippen LogP contribution >= 0.6 is 0 Å². The molecular weight excluding hydrogens is 312 g/mol. The van der Waals surface area contributed by atoms with Crippen LogP contribution in [0.3, 0.4) is 0 Å². The zero-order chi connectivity index (χ0) is 17.1. The van der Waals surface area contributed by atoms with Gasteiger partial charge in [0.1, 0.15) is 12.7 Å². The number of aromatic amines is 1. The molecule has 0 unspecified atom stereocenters. The fraction of sp³-hybridized carbons (Fsp3) is 0.474. The van der Waals surface area contributed by atoms with Crippen molar-refractivity contribution in [3.63, 3.8) is 0 Å². The van der Waals surface area contributed by atoms with Gasteiger partial charge in [-0.25, -0.2) is 0 Å². The first-order chi connectivity index (χ1) is 12.3. The van der Waals surface area contributed by atoms with Crippen LogP contribution in [0.4, 0.5) is 0 Å². The molecule has 3 aromatic rings. The maximum absolute atomic E-state index is 3.90. The molecule has 0 bridgehead atoms. The van der Waals surface area contributed by atoms with Gasteiger partial charge in [-0.15, -0.1) is 10.2 Å². The molecule has 0 saturated carbocycles. The predicted octanol–water partition coefficient (Wildman–Crippen LogP) is 2.32. The van der Waals surface area contributed by atoms with Gasteiger partial charge >= 0.3 is 0 Å². The number of aromatic nitrogens is 4. The Morgan fingerprint density at radius 1 is 1.04 bits per heavy atom. The molecule has 2 aromatic heterocycles. The van der Waals surface area contributed by atoms with Gasteiger partial charge in [0.05, 0.1) is 0 Å². The third kappa shape index (κ3) is 3.75. The molecule has 1 aliphatic heterocycles. The molecule has 0 aliphatic carbocycles. The minimum absolute atomic E-state index is 1.11. The number of piperazine rings is 1. The fourth-order valence-corrected chi connectivity index (χ4v) is 3.59. The molecule has 6 heteroatoms. The van der Waals surface area contributed by atoms with Crippen molar-refractivity contribution in [3.05, 3.63) is 42.6 Å². The van der Waals surface area contributed by atoms with Crippen molar-refractivity contribution in [3.8, 4) is 5.69 Å². The van der Waals surface area contributed by atoms with E-state index in [0.29, 0.717) is 0 Å². The molecule has 1 N–H and O–H groups in total. The third-order valence-electron chi connectivity index (χ3n) is 5.23. The molecule has 6 nitrogen and oxygen atoms in total. The molecule has 0 amide bonds. The van der Waals surface area contributed by atoms with E-state index in [1.807, 2.05) is 4.57 Å². The number of likely N-dealkylation sites (N-methyl/N-ethyl adjacent to an activating group) is 1. The Labute approximate surface area is 148 Å². The predicted molar refractivity (Wildman–Crippen MR) is 100 cm³/mol. The molecule has 1 aliphatic rings. The number of hydrogen-bond donors (Lipinski definition) is 1. The first-order valence-electron chi connectivity index (χ1n) is 9.15. The smallest absolute Gasteiger partial charge is 0.123 e. The number of fused-ring (bicyclic) bond motifs is 1. The molecule has 0 spiro atoms. The van der Waals surface area contributed by atoms with Gasteiger partial charge in [-0.05, 0) is 56.6 Å². The summed E-state index contributed by atoms with van der Waals surface area (Å²) in [5.74, 6) is 0. The van der Waals surface area contributed by atoms with Crippen LogP contribution in [0.5, 0.6) is 0 Å². The molecular formula is C19H26N6. The summed E-state index contributed by atoms with van der Waals surface area (Å²) in [4.78, 5) is 8.41. The van der Waals surface area contributed by atoms with E-state index in [4.69, 9.17) is 0 Å². The SMILES string of the molecule is CN1CCN(CCCCc2c[nH]c3ccc(-n4cnnc4)cc23)CC1. The van der Waals surface area contributed by atoms with Gasteiger partial charge in [0.2, 0.25) is 0 Å². The van der Waals surface area contributed by atoms with Crippen molar-refractivity contribution in [2.75, 3.05) is 39.8 Å². The number of H-pyrrole nitrogens is 1. The van der Waals surface area contributed by atoms with Gasteiger partial charge in [0, 0.05) is 49.0 Å². The van der Waals surface area contributed by atoms with Crippen LogP contribution in [-0.2, 0) is 6.42 Å². The average Bonchev–Trinajstić information content (AvgIpc) is 3.30. The number of rotatable bonds is 6. The average molecular weight is 338 g/mol. The fourth-order valence-electron chi connectivity index (χ4n) is 3.59. The Hall–Kier alpha value is -2.18. The van der Waals surface area contributed by atoms with Gasteiger partial charge < -0.3 is 14.8 Å². The molecule has 1 aromatic carbocycles. The Balaban J connectivity index is 1.36. The van der Waals surface area contributed by atoms with Crippen LogP contribution in [-0.4, -0.2) is 69.3 Å². The Bertz CT molecular complexity index is 799. The van der Waals surface area contributed by atoms with E-state index in [1.165, 1.54) is 62.0 Å². The summed E-state index contributed by atoms with van der Waals surface area (Å²) >= 11 is 0. The second-order valence-electron chi connectivity index (χ2n) is 7.01. The zero-order valence-electron chi connectivity index (χ0n) is 14.9. The van der Waals surface area contributed by atoms with E-state index in [2.05, 4.69) is 56.4 Å². The first kappa shape index (κ1) is 16.3. The lowest BCUT2D eigenvalue weighted by Crippen LogP contribution is -2.44. The van der Waals surface area contributed by atoms with Crippen LogP contribution in [0.1, 0.15) is 18.4 Å². The minimum Gasteiger partial charge on any atom is -0.361 e. The summed E-state index contributed by atoms with van der Waals surface area (Å²) in [6, 6.07) is 6.46. The van der Waals surface area contributed by atoms with Crippen LogP contribution in [0.15, 0.2) is 37.1 Å². The largest absolute Gasteiger partial charge is 0.361 e. The van der Waals surface area contributed by atoms with Crippen molar-refractivity contribution < 1.29 is 0 Å². The summed E-state index contributed by atoms with van der Waals surface area (Å²) in [6.45, 7) is 6.06. The zero-order valence-corrected chi connectivity index (χ0v) is 14.9. The highest BCUT2D eigenvalue weighted by atomic mass is 15.2. The van der Waals surface area contributed by atoms with E-state index >= 15 is 0 Å². The van der Waals surface area contributed by atoms with Gasteiger partial charge in [0.25, 0.3) is 0 Å². The molecule has 132 valence electrons. The number of hydrogen-bond acceptors (Lipinski definition) is 4. The molecule has 4 rings (SSSR count). The van der Waals surface area contributed by atoms with Crippen molar-refractivity contribution in [2.45, 2.75) is 19.3 Å². The normalized spacial score (nSPS) is 16.7. The standard InChI is InChI=1S/C19H26N6/c1-23-8-10-24(11-9-23)7-3-2-4-16-13-20-19-6-5-17(12-18(16)19)25-14-21-22-15-25/h5-6,12-15,20H,2-4,7-11H2,1H3. The topological polar surface area (TPSA) is 53.0 Å². The van der Waals surface area contributed by atoms with E-state index < -0.39 is 0 Å². The van der Waals surface area contributed by atoms with Gasteiger partial charge in [-0.3, -0.25) is 4.57 Å². The van der Waals surface area contributed by atoms with Crippen molar-refractivity contribution in [1.29, 1.82) is 0 Å². The summed E-state index contributed by atoms with van der Waals surface area (Å²) in [5.41, 5.74) is 3.71. The second-order valence-corrected chi connectivity index (χ2v) is 7.01. The van der Waals surface area contributed by atoms with Crippen LogP contribution in [0.2, 0.25) is 0 Å². The summed E-state index contributed by atoms with van der Waals surface area (Å²) in [6.07, 6.45) is 9.26. The van der Waals surface area contributed by atoms with Gasteiger partial charge in [-0.1, -0.05) is 0 Å². The third-order valence-corrected chi connectivity index (χ3v) is 5.23. The monoisotopic (exact) mass is 338 g/mol. The minimum atomic E-state index is 1.11. The first-order valence-corrected chi connectivity index (χ1v) is 9.15. The number of nitrogens with zero attached hydrogens (tertiary/aromatic N) is 5. The van der Waals surface area contributed by atoms with Crippen LogP contribution < -0.4 is 0 Å². The molecule has 0 atom stereocenters. The molecule has 0 radical (unpaired) electrons. The summed E-state index contributed by atoms with van der Waals surface area (Å²) in [5, 5.41) is 9.10. The van der Waals surface area contributed by atoms with E-state index in [1.54, 1.807) is 12.7 Å². The number of benzene rings is 1. The van der Waals surface area contributed by atoms with Crippen molar-refractivity contribution >= 4 is 10.9 Å². The summed E-state index contributed by atoms with van der Waals surface area (Å²) in [7, 11) is 2.21. The van der Waals surface area contributed by atoms with Gasteiger partial charge in [0.15, 0.2) is 0 Å². The maximum atomic E-state index is 3.90. The lowest BCUT2D eigenvalue weighted by Gasteiger charge is -2.32. The van der Waals surface area contributed by atoms with Gasteiger partial charge in [-0.2, -0.15) is 0 Å². The Morgan fingerprint density at radius 3 is 2.64 bits per heavy atom. The Morgan fingerprint density at radius 2 is 1.84 bits per heavy atom. The number of nitrogens with one attached hydrogen (secondary N) is 1. The van der Waals surface area contributed by atoms with E-state index in [-0.39, 0.29) is 0 Å².